The highest BCUT2D eigenvalue weighted by molar-refractivity contribution is 5.83. The van der Waals surface area contributed by atoms with Gasteiger partial charge in [0, 0.05) is 25.6 Å². The summed E-state index contributed by atoms with van der Waals surface area (Å²) in [6.07, 6.45) is 2.25. The van der Waals surface area contributed by atoms with Crippen molar-refractivity contribution in [3.05, 3.63) is 0 Å². The van der Waals surface area contributed by atoms with Crippen molar-refractivity contribution in [3.8, 4) is 0 Å². The molecule has 2 aliphatic heterocycles. The molecule has 2 amide bonds. The van der Waals surface area contributed by atoms with E-state index in [9.17, 15) is 14.7 Å². The number of aliphatic hydroxyl groups excluding tert-OH is 1. The van der Waals surface area contributed by atoms with Crippen molar-refractivity contribution in [1.29, 1.82) is 0 Å². The van der Waals surface area contributed by atoms with Crippen LogP contribution in [0.15, 0.2) is 0 Å². The molecular formula is C12H20N2O4. The Bertz CT molecular complexity index is 347. The number of nitrogens with zero attached hydrogens (tertiary/aromatic N) is 2. The average molecular weight is 256 g/mol. The van der Waals surface area contributed by atoms with Crippen LogP contribution in [0.3, 0.4) is 0 Å². The quantitative estimate of drug-likeness (QED) is 0.754. The molecule has 2 saturated heterocycles. The third-order valence-corrected chi connectivity index (χ3v) is 3.90. The Morgan fingerprint density at radius 2 is 2.06 bits per heavy atom. The minimum absolute atomic E-state index is 0.128. The maximum atomic E-state index is 12.4. The summed E-state index contributed by atoms with van der Waals surface area (Å²) in [6, 6.07) is -0.904. The molecular weight excluding hydrogens is 236 g/mol. The largest absolute Gasteiger partial charge is 0.480 e. The number of carbonyl (C=O) groups is 2. The van der Waals surface area contributed by atoms with E-state index in [2.05, 4.69) is 0 Å². The van der Waals surface area contributed by atoms with Crippen molar-refractivity contribution < 1.29 is 19.8 Å². The molecule has 2 N–H and O–H groups in total. The van der Waals surface area contributed by atoms with Crippen molar-refractivity contribution in [1.82, 2.24) is 9.80 Å². The van der Waals surface area contributed by atoms with Gasteiger partial charge in [0.25, 0.3) is 0 Å². The standard InChI is InChI=1S/C12H20N2O4/c1-2-8-4-3-5-13(8)12(18)14-7-9(15)6-10(14)11(16)17/h8-10,15H,2-7H2,1H3,(H,16,17)/t8?,9-,10-/m1/s1. The number of urea groups is 1. The number of β-amino-alcohol motifs (C(OH)–C–C–N with tert-alkyl or cyclic N) is 1. The van der Waals surface area contributed by atoms with Crippen molar-refractivity contribution in [2.75, 3.05) is 13.1 Å². The fourth-order valence-electron chi connectivity index (χ4n) is 2.94. The summed E-state index contributed by atoms with van der Waals surface area (Å²) in [5, 5.41) is 18.7. The summed E-state index contributed by atoms with van der Waals surface area (Å²) >= 11 is 0. The van der Waals surface area contributed by atoms with E-state index in [4.69, 9.17) is 5.11 Å². The summed E-state index contributed by atoms with van der Waals surface area (Å²) < 4.78 is 0. The van der Waals surface area contributed by atoms with E-state index in [0.717, 1.165) is 19.3 Å². The van der Waals surface area contributed by atoms with Crippen molar-refractivity contribution in [3.63, 3.8) is 0 Å². The Morgan fingerprint density at radius 1 is 1.33 bits per heavy atom. The van der Waals surface area contributed by atoms with Gasteiger partial charge in [-0.2, -0.15) is 0 Å². The summed E-state index contributed by atoms with van der Waals surface area (Å²) in [7, 11) is 0. The molecule has 0 bridgehead atoms. The lowest BCUT2D eigenvalue weighted by atomic mass is 10.2. The minimum Gasteiger partial charge on any atom is -0.480 e. The Kier molecular flexibility index (Phi) is 3.75. The SMILES string of the molecule is CCC1CCCN1C(=O)N1C[C@H](O)C[C@@H]1C(=O)O. The van der Waals surface area contributed by atoms with Crippen molar-refractivity contribution in [2.45, 2.75) is 50.8 Å². The number of carboxylic acids is 1. The number of hydrogen-bond donors (Lipinski definition) is 2. The number of amides is 2. The molecule has 0 saturated carbocycles. The summed E-state index contributed by atoms with van der Waals surface area (Å²) in [4.78, 5) is 26.5. The zero-order valence-corrected chi connectivity index (χ0v) is 10.6. The van der Waals surface area contributed by atoms with Crippen LogP contribution >= 0.6 is 0 Å². The van der Waals surface area contributed by atoms with Gasteiger partial charge in [-0.3, -0.25) is 0 Å². The van der Waals surface area contributed by atoms with E-state index in [0.29, 0.717) is 6.54 Å². The minimum atomic E-state index is -1.04. The van der Waals surface area contributed by atoms with Gasteiger partial charge < -0.3 is 20.0 Å². The van der Waals surface area contributed by atoms with Gasteiger partial charge >= 0.3 is 12.0 Å². The Labute approximate surface area is 106 Å². The molecule has 102 valence electrons. The van der Waals surface area contributed by atoms with Gasteiger partial charge in [-0.05, 0) is 19.3 Å². The Balaban J connectivity index is 2.10. The number of hydrogen-bond acceptors (Lipinski definition) is 3. The second kappa shape index (κ2) is 5.14. The van der Waals surface area contributed by atoms with Crippen LogP contribution in [0.5, 0.6) is 0 Å². The second-order valence-corrected chi connectivity index (χ2v) is 5.08. The monoisotopic (exact) mass is 256 g/mol. The molecule has 1 unspecified atom stereocenters. The van der Waals surface area contributed by atoms with Crippen LogP contribution in [-0.4, -0.2) is 63.3 Å². The normalized spacial score (nSPS) is 32.0. The van der Waals surface area contributed by atoms with Gasteiger partial charge in [0.05, 0.1) is 6.10 Å². The van der Waals surface area contributed by atoms with Crippen molar-refractivity contribution >= 4 is 12.0 Å². The predicted molar refractivity (Wildman–Crippen MR) is 64.2 cm³/mol. The molecule has 0 aromatic rings. The van der Waals surface area contributed by atoms with Crippen LogP contribution in [0.2, 0.25) is 0 Å². The molecule has 0 aromatic carbocycles. The third-order valence-electron chi connectivity index (χ3n) is 3.90. The zero-order valence-electron chi connectivity index (χ0n) is 10.6. The maximum Gasteiger partial charge on any atom is 0.326 e. The number of rotatable bonds is 2. The third kappa shape index (κ3) is 2.29. The first-order chi connectivity index (χ1) is 8.54. The van der Waals surface area contributed by atoms with Gasteiger partial charge in [-0.1, -0.05) is 6.92 Å². The van der Waals surface area contributed by atoms with E-state index in [-0.39, 0.29) is 25.0 Å². The average Bonchev–Trinajstić information content (AvgIpc) is 2.93. The molecule has 2 fully saturated rings. The van der Waals surface area contributed by atoms with Crippen molar-refractivity contribution in [2.24, 2.45) is 0 Å². The first kappa shape index (κ1) is 13.1. The second-order valence-electron chi connectivity index (χ2n) is 5.08. The summed E-state index contributed by atoms with van der Waals surface area (Å²) in [6.45, 7) is 2.85. The van der Waals surface area contributed by atoms with E-state index in [1.165, 1.54) is 4.90 Å². The van der Waals surface area contributed by atoms with Gasteiger partial charge in [-0.15, -0.1) is 0 Å². The van der Waals surface area contributed by atoms with E-state index < -0.39 is 18.1 Å². The highest BCUT2D eigenvalue weighted by Gasteiger charge is 2.42. The summed E-state index contributed by atoms with van der Waals surface area (Å²) in [5.74, 6) is -1.04. The first-order valence-corrected chi connectivity index (χ1v) is 6.52. The zero-order chi connectivity index (χ0) is 13.3. The molecule has 6 heteroatoms. The molecule has 0 spiro atoms. The number of carbonyl (C=O) groups excluding carboxylic acids is 1. The maximum absolute atomic E-state index is 12.4. The molecule has 0 radical (unpaired) electrons. The predicted octanol–water partition coefficient (Wildman–Crippen LogP) is 0.501. The molecule has 0 aliphatic carbocycles. The van der Waals surface area contributed by atoms with Crippen LogP contribution < -0.4 is 0 Å². The fraction of sp³-hybridized carbons (Fsp3) is 0.833. The van der Waals surface area contributed by atoms with Crippen LogP contribution in [0.4, 0.5) is 4.79 Å². The van der Waals surface area contributed by atoms with E-state index in [1.807, 2.05) is 6.92 Å². The molecule has 2 rings (SSSR count). The number of aliphatic carboxylic acids is 1. The van der Waals surface area contributed by atoms with Crippen LogP contribution in [-0.2, 0) is 4.79 Å². The van der Waals surface area contributed by atoms with Gasteiger partial charge in [0.15, 0.2) is 0 Å². The van der Waals surface area contributed by atoms with Crippen LogP contribution in [0.25, 0.3) is 0 Å². The molecule has 0 aromatic heterocycles. The lowest BCUT2D eigenvalue weighted by molar-refractivity contribution is -0.141. The van der Waals surface area contributed by atoms with Gasteiger partial charge in [-0.25, -0.2) is 9.59 Å². The highest BCUT2D eigenvalue weighted by atomic mass is 16.4. The number of likely N-dealkylation sites (tertiary alicyclic amines) is 2. The lowest BCUT2D eigenvalue weighted by Gasteiger charge is -2.31. The number of carboxylic acid groups (broad SMARTS) is 1. The molecule has 3 atom stereocenters. The molecule has 2 heterocycles. The van der Waals surface area contributed by atoms with Gasteiger partial charge in [0.2, 0.25) is 0 Å². The fourth-order valence-corrected chi connectivity index (χ4v) is 2.94. The van der Waals surface area contributed by atoms with E-state index in [1.54, 1.807) is 4.90 Å². The molecule has 2 aliphatic rings. The topological polar surface area (TPSA) is 81.1 Å². The van der Waals surface area contributed by atoms with Crippen LogP contribution in [0.1, 0.15) is 32.6 Å². The van der Waals surface area contributed by atoms with Crippen LogP contribution in [0, 0.1) is 0 Å². The lowest BCUT2D eigenvalue weighted by Crippen LogP contribution is -2.49. The highest BCUT2D eigenvalue weighted by Crippen LogP contribution is 2.25. The summed E-state index contributed by atoms with van der Waals surface area (Å²) in [5.41, 5.74) is 0. The first-order valence-electron chi connectivity index (χ1n) is 6.52. The molecule has 18 heavy (non-hydrogen) atoms. The Morgan fingerprint density at radius 3 is 2.67 bits per heavy atom. The number of aliphatic hydroxyl groups is 1. The van der Waals surface area contributed by atoms with E-state index >= 15 is 0 Å². The van der Waals surface area contributed by atoms with Gasteiger partial charge in [0.1, 0.15) is 6.04 Å². The molecule has 6 nitrogen and oxygen atoms in total. The Hall–Kier alpha value is -1.30. The smallest absolute Gasteiger partial charge is 0.326 e.